The molecule has 1 aromatic rings. The molecule has 1 aromatic heterocycles. The van der Waals surface area contributed by atoms with E-state index < -0.39 is 5.60 Å². The number of pyridine rings is 1. The lowest BCUT2D eigenvalue weighted by atomic mass is 9.72. The van der Waals surface area contributed by atoms with Crippen molar-refractivity contribution < 1.29 is 14.3 Å². The minimum absolute atomic E-state index is 0. The molecule has 178 valence electrons. The average molecular weight is 486 g/mol. The highest BCUT2D eigenvalue weighted by Crippen LogP contribution is 2.55. The third kappa shape index (κ3) is 3.95. The fourth-order valence-corrected chi connectivity index (χ4v) is 6.08. The number of rotatable bonds is 4. The number of anilines is 1. The highest BCUT2D eigenvalue weighted by molar-refractivity contribution is 5.92. The topological polar surface area (TPSA) is 92.0 Å². The fourth-order valence-electron chi connectivity index (χ4n) is 6.08. The van der Waals surface area contributed by atoms with E-state index in [0.29, 0.717) is 26.2 Å². The molecule has 8 nitrogen and oxygen atoms in total. The second-order valence-corrected chi connectivity index (χ2v) is 9.14. The molecular formula is C22H33Cl2N5O3. The molecule has 0 aromatic carbocycles. The molecule has 4 fully saturated rings. The molecule has 32 heavy (non-hydrogen) atoms. The number of aromatic nitrogens is 1. The zero-order chi connectivity index (χ0) is 20.9. The standard InChI is InChI=1S/C22H31N5O3.2ClH/c1-15-13-24-7-4-16(15)25-8-2-9-26(12-11-25)20(28)18-17-3-5-22(30-17)14-27(10-6-23)21(29)19(18)22;;/h4,7,13,17-19H,2-3,5-6,8-12,14,23H2,1H3;2*1H/t17-,18-,19+,22-;;/m0../s1. The van der Waals surface area contributed by atoms with E-state index in [1.165, 1.54) is 5.69 Å². The first-order chi connectivity index (χ1) is 14.5. The maximum absolute atomic E-state index is 13.6. The molecule has 4 atom stereocenters. The number of halogens is 2. The van der Waals surface area contributed by atoms with Crippen LogP contribution in [0.3, 0.4) is 0 Å². The van der Waals surface area contributed by atoms with Crippen LogP contribution in [0, 0.1) is 18.8 Å². The number of aryl methyl sites for hydroxylation is 1. The number of nitrogens with two attached hydrogens (primary N) is 1. The van der Waals surface area contributed by atoms with Crippen molar-refractivity contribution in [2.75, 3.05) is 50.7 Å². The quantitative estimate of drug-likeness (QED) is 0.689. The van der Waals surface area contributed by atoms with Gasteiger partial charge in [-0.1, -0.05) is 0 Å². The Labute approximate surface area is 201 Å². The summed E-state index contributed by atoms with van der Waals surface area (Å²) in [6.07, 6.45) is 6.23. The van der Waals surface area contributed by atoms with E-state index in [-0.39, 0.29) is 54.6 Å². The first-order valence-corrected chi connectivity index (χ1v) is 11.1. The van der Waals surface area contributed by atoms with Crippen LogP contribution in [-0.2, 0) is 14.3 Å². The van der Waals surface area contributed by atoms with Crippen molar-refractivity contribution >= 4 is 42.3 Å². The number of ether oxygens (including phenoxy) is 1. The second kappa shape index (κ2) is 9.71. The number of hydrogen-bond donors (Lipinski definition) is 1. The van der Waals surface area contributed by atoms with Crippen molar-refractivity contribution in [3.63, 3.8) is 0 Å². The summed E-state index contributed by atoms with van der Waals surface area (Å²) in [4.78, 5) is 37.0. The minimum Gasteiger partial charge on any atom is -0.369 e. The normalized spacial score (nSPS) is 31.1. The Morgan fingerprint density at radius 3 is 2.84 bits per heavy atom. The lowest BCUT2D eigenvalue weighted by Crippen LogP contribution is -2.48. The molecule has 10 heteroatoms. The minimum atomic E-state index is -0.469. The van der Waals surface area contributed by atoms with Gasteiger partial charge in [0.05, 0.1) is 30.1 Å². The molecule has 4 saturated heterocycles. The van der Waals surface area contributed by atoms with Crippen LogP contribution >= 0.6 is 24.8 Å². The van der Waals surface area contributed by atoms with Gasteiger partial charge in [0, 0.05) is 57.3 Å². The summed E-state index contributed by atoms with van der Waals surface area (Å²) in [5.74, 6) is -0.520. The van der Waals surface area contributed by atoms with Crippen LogP contribution in [-0.4, -0.2) is 84.1 Å². The molecule has 2 N–H and O–H groups in total. The summed E-state index contributed by atoms with van der Waals surface area (Å²) in [5.41, 5.74) is 7.56. The van der Waals surface area contributed by atoms with E-state index in [2.05, 4.69) is 16.8 Å². The first-order valence-electron chi connectivity index (χ1n) is 11.1. The third-order valence-corrected chi connectivity index (χ3v) is 7.42. The van der Waals surface area contributed by atoms with Crippen LogP contribution in [0.5, 0.6) is 0 Å². The van der Waals surface area contributed by atoms with Gasteiger partial charge in [0.1, 0.15) is 0 Å². The van der Waals surface area contributed by atoms with Crippen LogP contribution in [0.4, 0.5) is 5.69 Å². The Bertz CT molecular complexity index is 859. The van der Waals surface area contributed by atoms with Crippen molar-refractivity contribution in [3.05, 3.63) is 24.0 Å². The van der Waals surface area contributed by atoms with Gasteiger partial charge >= 0.3 is 0 Å². The van der Waals surface area contributed by atoms with Crippen LogP contribution in [0.15, 0.2) is 18.5 Å². The zero-order valence-electron chi connectivity index (χ0n) is 18.4. The molecule has 2 bridgehead atoms. The molecule has 0 saturated carbocycles. The van der Waals surface area contributed by atoms with E-state index in [0.717, 1.165) is 44.5 Å². The molecular weight excluding hydrogens is 453 g/mol. The van der Waals surface area contributed by atoms with Gasteiger partial charge in [-0.25, -0.2) is 0 Å². The van der Waals surface area contributed by atoms with Crippen LogP contribution in [0.2, 0.25) is 0 Å². The van der Waals surface area contributed by atoms with Crippen molar-refractivity contribution in [3.8, 4) is 0 Å². The van der Waals surface area contributed by atoms with Gasteiger partial charge in [0.15, 0.2) is 0 Å². The van der Waals surface area contributed by atoms with E-state index in [1.54, 1.807) is 0 Å². The summed E-state index contributed by atoms with van der Waals surface area (Å²) in [6.45, 7) is 6.73. The smallest absolute Gasteiger partial charge is 0.229 e. The Hall–Kier alpha value is -1.61. The predicted molar refractivity (Wildman–Crippen MR) is 126 cm³/mol. The van der Waals surface area contributed by atoms with Crippen LogP contribution in [0.25, 0.3) is 0 Å². The number of amides is 2. The van der Waals surface area contributed by atoms with E-state index in [1.807, 2.05) is 28.3 Å². The molecule has 4 aliphatic rings. The maximum atomic E-state index is 13.6. The van der Waals surface area contributed by atoms with Gasteiger partial charge in [-0.15, -0.1) is 24.8 Å². The number of hydrogen-bond acceptors (Lipinski definition) is 6. The highest BCUT2D eigenvalue weighted by atomic mass is 35.5. The number of carbonyl (C=O) groups excluding carboxylic acids is 2. The van der Waals surface area contributed by atoms with E-state index in [4.69, 9.17) is 10.5 Å². The van der Waals surface area contributed by atoms with Crippen molar-refractivity contribution in [2.45, 2.75) is 37.9 Å². The number of likely N-dealkylation sites (tertiary alicyclic amines) is 1. The summed E-state index contributed by atoms with van der Waals surface area (Å²) in [6, 6.07) is 2.05. The number of carbonyl (C=O) groups is 2. The summed E-state index contributed by atoms with van der Waals surface area (Å²) in [5, 5.41) is 0. The predicted octanol–water partition coefficient (Wildman–Crippen LogP) is 1.24. The molecule has 5 rings (SSSR count). The lowest BCUT2D eigenvalue weighted by Gasteiger charge is -2.31. The Morgan fingerprint density at radius 1 is 1.28 bits per heavy atom. The second-order valence-electron chi connectivity index (χ2n) is 9.14. The Kier molecular flexibility index (Phi) is 7.59. The largest absolute Gasteiger partial charge is 0.369 e. The molecule has 1 spiro atoms. The van der Waals surface area contributed by atoms with Crippen LogP contribution < -0.4 is 10.6 Å². The van der Waals surface area contributed by atoms with E-state index in [9.17, 15) is 9.59 Å². The Morgan fingerprint density at radius 2 is 2.09 bits per heavy atom. The molecule has 0 unspecified atom stereocenters. The Balaban J connectivity index is 0.00000144. The van der Waals surface area contributed by atoms with Gasteiger partial charge in [0.2, 0.25) is 11.8 Å². The third-order valence-electron chi connectivity index (χ3n) is 7.42. The van der Waals surface area contributed by atoms with Crippen molar-refractivity contribution in [2.24, 2.45) is 17.6 Å². The number of nitrogens with zero attached hydrogens (tertiary/aromatic N) is 4. The van der Waals surface area contributed by atoms with Crippen molar-refractivity contribution in [1.29, 1.82) is 0 Å². The zero-order valence-corrected chi connectivity index (χ0v) is 20.1. The summed E-state index contributed by atoms with van der Waals surface area (Å²) < 4.78 is 6.32. The molecule has 5 heterocycles. The van der Waals surface area contributed by atoms with Crippen molar-refractivity contribution in [1.82, 2.24) is 14.8 Å². The number of fused-ring (bicyclic) bond motifs is 1. The van der Waals surface area contributed by atoms with Gasteiger partial charge in [-0.2, -0.15) is 0 Å². The van der Waals surface area contributed by atoms with Gasteiger partial charge < -0.3 is 25.2 Å². The molecule has 2 amide bonds. The monoisotopic (exact) mass is 485 g/mol. The fraction of sp³-hybridized carbons (Fsp3) is 0.682. The lowest BCUT2D eigenvalue weighted by molar-refractivity contribution is -0.144. The summed E-state index contributed by atoms with van der Waals surface area (Å²) >= 11 is 0. The molecule has 4 aliphatic heterocycles. The van der Waals surface area contributed by atoms with Gasteiger partial charge in [-0.3, -0.25) is 14.6 Å². The van der Waals surface area contributed by atoms with Gasteiger partial charge in [0.25, 0.3) is 0 Å². The average Bonchev–Trinajstić information content (AvgIpc) is 3.29. The maximum Gasteiger partial charge on any atom is 0.229 e. The van der Waals surface area contributed by atoms with Crippen LogP contribution in [0.1, 0.15) is 24.8 Å². The highest BCUT2D eigenvalue weighted by Gasteiger charge is 2.69. The van der Waals surface area contributed by atoms with Gasteiger partial charge in [-0.05, 0) is 37.8 Å². The molecule has 0 aliphatic carbocycles. The molecule has 0 radical (unpaired) electrons. The van der Waals surface area contributed by atoms with E-state index >= 15 is 0 Å². The SMILES string of the molecule is Cc1cnccc1N1CCCN(C(=O)[C@H]2[C@@H]3CC[C@@]4(CN(CCN)C(=O)[C@@H]24)O3)CC1.Cl.Cl. The first kappa shape index (κ1) is 25.0. The summed E-state index contributed by atoms with van der Waals surface area (Å²) in [7, 11) is 0.